The van der Waals surface area contributed by atoms with Crippen LogP contribution >= 0.6 is 0 Å². The molecule has 0 aromatic rings. The van der Waals surface area contributed by atoms with Gasteiger partial charge in [-0.2, -0.15) is 0 Å². The minimum Gasteiger partial charge on any atom is -0.493 e. The lowest BCUT2D eigenvalue weighted by atomic mass is 10.2. The van der Waals surface area contributed by atoms with Crippen molar-refractivity contribution < 1.29 is 14.2 Å². The van der Waals surface area contributed by atoms with Gasteiger partial charge >= 0.3 is 0 Å². The molecule has 0 saturated carbocycles. The van der Waals surface area contributed by atoms with Crippen LogP contribution in [0.4, 0.5) is 0 Å². The Bertz CT molecular complexity index is 122. The van der Waals surface area contributed by atoms with Crippen molar-refractivity contribution >= 4 is 0 Å². The largest absolute Gasteiger partial charge is 0.493 e. The predicted octanol–water partition coefficient (Wildman–Crippen LogP) is 0.560. The van der Waals surface area contributed by atoms with Crippen LogP contribution in [0.5, 0.6) is 0 Å². The molecule has 0 fully saturated rings. The monoisotopic (exact) mass is 144 g/mol. The van der Waals surface area contributed by atoms with Gasteiger partial charge in [-0.05, 0) is 6.08 Å². The van der Waals surface area contributed by atoms with E-state index in [2.05, 4.69) is 0 Å². The van der Waals surface area contributed by atoms with E-state index in [0.29, 0.717) is 6.61 Å². The second-order valence-electron chi connectivity index (χ2n) is 2.16. The van der Waals surface area contributed by atoms with Gasteiger partial charge in [-0.3, -0.25) is 0 Å². The lowest BCUT2D eigenvalue weighted by Crippen LogP contribution is -2.27. The zero-order chi connectivity index (χ0) is 7.40. The molecule has 0 saturated heterocycles. The third kappa shape index (κ3) is 1.49. The second kappa shape index (κ2) is 3.58. The van der Waals surface area contributed by atoms with E-state index in [4.69, 9.17) is 14.2 Å². The molecule has 0 aliphatic carbocycles. The highest BCUT2D eigenvalue weighted by molar-refractivity contribution is 4.96. The van der Waals surface area contributed by atoms with Crippen LogP contribution in [0.1, 0.15) is 0 Å². The van der Waals surface area contributed by atoms with Crippen molar-refractivity contribution in [2.45, 2.75) is 12.2 Å². The normalized spacial score (nSPS) is 30.6. The summed E-state index contributed by atoms with van der Waals surface area (Å²) in [5.41, 5.74) is 0. The molecule has 0 spiro atoms. The van der Waals surface area contributed by atoms with Gasteiger partial charge in [0.1, 0.15) is 6.10 Å². The third-order valence-electron chi connectivity index (χ3n) is 1.49. The van der Waals surface area contributed by atoms with E-state index in [1.807, 2.05) is 6.08 Å². The maximum Gasteiger partial charge on any atom is 0.151 e. The van der Waals surface area contributed by atoms with Gasteiger partial charge in [0, 0.05) is 14.2 Å². The van der Waals surface area contributed by atoms with Crippen LogP contribution in [0.3, 0.4) is 0 Å². The lowest BCUT2D eigenvalue weighted by Gasteiger charge is -2.15. The summed E-state index contributed by atoms with van der Waals surface area (Å²) in [5, 5.41) is 0. The summed E-state index contributed by atoms with van der Waals surface area (Å²) in [6.45, 7) is 0.575. The zero-order valence-electron chi connectivity index (χ0n) is 6.24. The maximum absolute atomic E-state index is 5.17. The Morgan fingerprint density at radius 2 is 2.30 bits per heavy atom. The first-order valence-electron chi connectivity index (χ1n) is 3.22. The Hall–Kier alpha value is -0.540. The Morgan fingerprint density at radius 3 is 2.90 bits per heavy atom. The molecule has 58 valence electrons. The van der Waals surface area contributed by atoms with Crippen LogP contribution in [0, 0.1) is 0 Å². The first-order chi connectivity index (χ1) is 4.88. The van der Waals surface area contributed by atoms with Crippen LogP contribution in [0.15, 0.2) is 12.3 Å². The fourth-order valence-electron chi connectivity index (χ4n) is 0.954. The van der Waals surface area contributed by atoms with E-state index in [9.17, 15) is 0 Å². The summed E-state index contributed by atoms with van der Waals surface area (Å²) in [6, 6.07) is 0. The third-order valence-corrected chi connectivity index (χ3v) is 1.49. The van der Waals surface area contributed by atoms with Crippen LogP contribution in [-0.2, 0) is 14.2 Å². The predicted molar refractivity (Wildman–Crippen MR) is 36.7 cm³/mol. The molecule has 3 heteroatoms. The minimum absolute atomic E-state index is 0.0370. The second-order valence-corrected chi connectivity index (χ2v) is 2.16. The smallest absolute Gasteiger partial charge is 0.151 e. The quantitative estimate of drug-likeness (QED) is 0.579. The van der Waals surface area contributed by atoms with Gasteiger partial charge in [0.2, 0.25) is 0 Å². The van der Waals surface area contributed by atoms with Crippen molar-refractivity contribution in [3.05, 3.63) is 12.3 Å². The molecule has 1 rings (SSSR count). The molecule has 0 amide bonds. The van der Waals surface area contributed by atoms with E-state index in [1.165, 1.54) is 0 Å². The molecule has 3 nitrogen and oxygen atoms in total. The molecular weight excluding hydrogens is 132 g/mol. The Morgan fingerprint density at radius 1 is 1.50 bits per heavy atom. The molecular formula is C7H12O3. The molecule has 0 radical (unpaired) electrons. The summed E-state index contributed by atoms with van der Waals surface area (Å²) in [5.74, 6) is 0. The highest BCUT2D eigenvalue weighted by Crippen LogP contribution is 2.12. The van der Waals surface area contributed by atoms with Crippen molar-refractivity contribution in [2.24, 2.45) is 0 Å². The van der Waals surface area contributed by atoms with Gasteiger partial charge in [0.25, 0.3) is 0 Å². The zero-order valence-corrected chi connectivity index (χ0v) is 6.24. The summed E-state index contributed by atoms with van der Waals surface area (Å²) in [4.78, 5) is 0. The number of hydrogen-bond acceptors (Lipinski definition) is 3. The summed E-state index contributed by atoms with van der Waals surface area (Å²) in [6.07, 6.45) is 3.62. The first-order valence-corrected chi connectivity index (χ1v) is 3.22. The van der Waals surface area contributed by atoms with Gasteiger partial charge in [0.05, 0.1) is 12.9 Å². The van der Waals surface area contributed by atoms with Gasteiger partial charge in [-0.1, -0.05) is 0 Å². The standard InChI is InChI=1S/C7H12O3/c1-8-5-7-6(9-2)3-4-10-7/h3-4,6-7H,5H2,1-2H3/t6-,7+/m0/s1. The van der Waals surface area contributed by atoms with Gasteiger partial charge in [0.15, 0.2) is 6.10 Å². The van der Waals surface area contributed by atoms with Crippen molar-refractivity contribution in [1.29, 1.82) is 0 Å². The highest BCUT2D eigenvalue weighted by atomic mass is 16.6. The molecule has 0 unspecified atom stereocenters. The van der Waals surface area contributed by atoms with Crippen molar-refractivity contribution in [3.63, 3.8) is 0 Å². The van der Waals surface area contributed by atoms with Crippen LogP contribution in [0.2, 0.25) is 0 Å². The van der Waals surface area contributed by atoms with E-state index < -0.39 is 0 Å². The van der Waals surface area contributed by atoms with E-state index in [1.54, 1.807) is 20.5 Å². The molecule has 0 bridgehead atoms. The van der Waals surface area contributed by atoms with Gasteiger partial charge in [-0.15, -0.1) is 0 Å². The number of rotatable bonds is 3. The van der Waals surface area contributed by atoms with Gasteiger partial charge in [-0.25, -0.2) is 0 Å². The highest BCUT2D eigenvalue weighted by Gasteiger charge is 2.23. The topological polar surface area (TPSA) is 27.7 Å². The lowest BCUT2D eigenvalue weighted by molar-refractivity contribution is -0.0125. The summed E-state index contributed by atoms with van der Waals surface area (Å²) in [7, 11) is 3.31. The molecule has 10 heavy (non-hydrogen) atoms. The van der Waals surface area contributed by atoms with E-state index >= 15 is 0 Å². The average Bonchev–Trinajstić information content (AvgIpc) is 2.36. The molecule has 0 N–H and O–H groups in total. The average molecular weight is 144 g/mol. The number of methoxy groups -OCH3 is 2. The van der Waals surface area contributed by atoms with Crippen LogP contribution in [-0.4, -0.2) is 33.0 Å². The van der Waals surface area contributed by atoms with Crippen molar-refractivity contribution in [2.75, 3.05) is 20.8 Å². The minimum atomic E-state index is 0.0370. The van der Waals surface area contributed by atoms with Crippen molar-refractivity contribution in [3.8, 4) is 0 Å². The summed E-state index contributed by atoms with van der Waals surface area (Å²) >= 11 is 0. The molecule has 1 aliphatic rings. The molecule has 1 aliphatic heterocycles. The Labute approximate surface area is 60.6 Å². The van der Waals surface area contributed by atoms with E-state index in [0.717, 1.165) is 0 Å². The SMILES string of the molecule is COC[C@H]1OC=C[C@@H]1OC. The number of ether oxygens (including phenoxy) is 3. The fraction of sp³-hybridized carbons (Fsp3) is 0.714. The van der Waals surface area contributed by atoms with Crippen LogP contribution in [0.25, 0.3) is 0 Å². The first kappa shape index (κ1) is 7.57. The van der Waals surface area contributed by atoms with Gasteiger partial charge < -0.3 is 14.2 Å². The summed E-state index contributed by atoms with van der Waals surface area (Å²) < 4.78 is 15.2. The fourth-order valence-corrected chi connectivity index (χ4v) is 0.954. The van der Waals surface area contributed by atoms with Crippen LogP contribution < -0.4 is 0 Å². The maximum atomic E-state index is 5.17. The molecule has 0 aromatic heterocycles. The molecule has 1 heterocycles. The molecule has 0 aromatic carbocycles. The Balaban J connectivity index is 2.32. The number of hydrogen-bond donors (Lipinski definition) is 0. The molecule has 2 atom stereocenters. The van der Waals surface area contributed by atoms with Crippen molar-refractivity contribution in [1.82, 2.24) is 0 Å². The Kier molecular flexibility index (Phi) is 2.71. The van der Waals surface area contributed by atoms with E-state index in [-0.39, 0.29) is 12.2 Å².